The summed E-state index contributed by atoms with van der Waals surface area (Å²) in [5.74, 6) is 0. The first-order chi connectivity index (χ1) is 16.0. The third-order valence-electron chi connectivity index (χ3n) is 5.49. The number of thiophene rings is 1. The maximum atomic E-state index is 11.1. The highest BCUT2D eigenvalue weighted by Gasteiger charge is 2.38. The molecule has 33 heavy (non-hydrogen) atoms. The van der Waals surface area contributed by atoms with E-state index in [2.05, 4.69) is 16.4 Å². The number of hydrogen-bond acceptors (Lipinski definition) is 10. The summed E-state index contributed by atoms with van der Waals surface area (Å²) in [4.78, 5) is 13.2. The minimum Gasteiger partial charge on any atom is -0.411 e. The molecule has 2 heterocycles. The Labute approximate surface area is 192 Å². The lowest BCUT2D eigenvalue weighted by Crippen LogP contribution is -2.42. The number of nitro benzene ring substituents is 1. The third-order valence-corrected chi connectivity index (χ3v) is 6.60. The van der Waals surface area contributed by atoms with Crippen molar-refractivity contribution >= 4 is 39.1 Å². The molecular formula is C22H18N6O4S. The summed E-state index contributed by atoms with van der Waals surface area (Å²) in [6.45, 7) is 0.410. The molecule has 0 bridgehead atoms. The number of nitriles is 1. The zero-order valence-electron chi connectivity index (χ0n) is 17.1. The zero-order chi connectivity index (χ0) is 23.5. The monoisotopic (exact) mass is 462 g/mol. The molecule has 0 aliphatic carbocycles. The van der Waals surface area contributed by atoms with E-state index in [1.165, 1.54) is 23.5 Å². The number of hydrogen-bond donors (Lipinski definition) is 3. The van der Waals surface area contributed by atoms with Crippen molar-refractivity contribution in [1.29, 1.82) is 5.26 Å². The molecule has 0 spiro atoms. The molecule has 3 aromatic rings. The molecule has 0 saturated heterocycles. The van der Waals surface area contributed by atoms with Gasteiger partial charge in [-0.05, 0) is 24.1 Å². The normalized spacial score (nSPS) is 16.2. The van der Waals surface area contributed by atoms with Gasteiger partial charge in [-0.25, -0.2) is 0 Å². The topological polar surface area (TPSA) is 161 Å². The Hall–Kier alpha value is -4.43. The summed E-state index contributed by atoms with van der Waals surface area (Å²) >= 11 is 1.20. The van der Waals surface area contributed by atoms with E-state index in [-0.39, 0.29) is 17.1 Å². The van der Waals surface area contributed by atoms with Gasteiger partial charge in [0, 0.05) is 34.8 Å². The van der Waals surface area contributed by atoms with Gasteiger partial charge in [-0.1, -0.05) is 40.6 Å². The minimum absolute atomic E-state index is 0.0494. The second-order valence-electron chi connectivity index (χ2n) is 7.22. The van der Waals surface area contributed by atoms with Gasteiger partial charge >= 0.3 is 0 Å². The van der Waals surface area contributed by atoms with E-state index in [0.29, 0.717) is 39.7 Å². The fourth-order valence-electron chi connectivity index (χ4n) is 4.00. The molecule has 0 amide bonds. The minimum atomic E-state index is -0.749. The number of nitrogens with two attached hydrogens (primary N) is 1. The number of nitro groups is 1. The van der Waals surface area contributed by atoms with Gasteiger partial charge in [0.05, 0.1) is 10.5 Å². The maximum absolute atomic E-state index is 11.1. The molecule has 11 heteroatoms. The molecule has 0 radical (unpaired) electrons. The number of benzene rings is 2. The van der Waals surface area contributed by atoms with E-state index in [0.717, 1.165) is 5.56 Å². The number of nitrogen functional groups attached to an aromatic ring is 1. The molecule has 1 aliphatic rings. The van der Waals surface area contributed by atoms with Crippen LogP contribution in [0.3, 0.4) is 0 Å². The van der Waals surface area contributed by atoms with Crippen LogP contribution in [0.4, 0.5) is 16.4 Å². The van der Waals surface area contributed by atoms with Gasteiger partial charge in [0.1, 0.15) is 28.5 Å². The highest BCUT2D eigenvalue weighted by molar-refractivity contribution is 7.16. The van der Waals surface area contributed by atoms with Crippen molar-refractivity contribution in [3.63, 3.8) is 0 Å². The van der Waals surface area contributed by atoms with Crippen LogP contribution in [0.25, 0.3) is 0 Å². The van der Waals surface area contributed by atoms with Crippen molar-refractivity contribution in [2.45, 2.75) is 12.5 Å². The Bertz CT molecular complexity index is 1290. The van der Waals surface area contributed by atoms with E-state index in [1.54, 1.807) is 42.5 Å². The van der Waals surface area contributed by atoms with E-state index in [1.807, 2.05) is 4.90 Å². The summed E-state index contributed by atoms with van der Waals surface area (Å²) in [5, 5.41) is 47.9. The zero-order valence-corrected chi connectivity index (χ0v) is 17.9. The molecule has 1 atom stereocenters. The van der Waals surface area contributed by atoms with Crippen LogP contribution in [-0.4, -0.2) is 33.3 Å². The molecule has 2 aromatic carbocycles. The summed E-state index contributed by atoms with van der Waals surface area (Å²) in [6.07, 6.45) is 0.495. The van der Waals surface area contributed by atoms with Crippen molar-refractivity contribution in [2.75, 3.05) is 17.2 Å². The number of non-ortho nitro benzene ring substituents is 1. The average Bonchev–Trinajstić information content (AvgIpc) is 3.17. The van der Waals surface area contributed by atoms with Crippen LogP contribution in [0.1, 0.15) is 27.6 Å². The quantitative estimate of drug-likeness (QED) is 0.224. The van der Waals surface area contributed by atoms with Crippen molar-refractivity contribution in [3.8, 4) is 6.07 Å². The second kappa shape index (κ2) is 8.97. The van der Waals surface area contributed by atoms with Crippen LogP contribution in [0, 0.1) is 21.4 Å². The van der Waals surface area contributed by atoms with Gasteiger partial charge in [0.2, 0.25) is 0 Å². The lowest BCUT2D eigenvalue weighted by atomic mass is 9.90. The van der Waals surface area contributed by atoms with Crippen LogP contribution >= 0.6 is 11.3 Å². The Morgan fingerprint density at radius 1 is 1.18 bits per heavy atom. The summed E-state index contributed by atoms with van der Waals surface area (Å²) < 4.78 is 0. The van der Waals surface area contributed by atoms with E-state index in [4.69, 9.17) is 5.73 Å². The van der Waals surface area contributed by atoms with E-state index < -0.39 is 11.0 Å². The highest BCUT2D eigenvalue weighted by Crippen LogP contribution is 2.43. The predicted molar refractivity (Wildman–Crippen MR) is 124 cm³/mol. The van der Waals surface area contributed by atoms with E-state index in [9.17, 15) is 25.8 Å². The van der Waals surface area contributed by atoms with Crippen LogP contribution in [0.2, 0.25) is 0 Å². The van der Waals surface area contributed by atoms with Gasteiger partial charge in [-0.15, -0.1) is 11.3 Å². The van der Waals surface area contributed by atoms with Gasteiger partial charge < -0.3 is 21.0 Å². The van der Waals surface area contributed by atoms with Crippen LogP contribution in [0.5, 0.6) is 0 Å². The fourth-order valence-corrected chi connectivity index (χ4v) is 5.18. The van der Waals surface area contributed by atoms with E-state index >= 15 is 0 Å². The van der Waals surface area contributed by atoms with Crippen molar-refractivity contribution in [3.05, 3.63) is 86.3 Å². The Balaban J connectivity index is 1.89. The van der Waals surface area contributed by atoms with Crippen molar-refractivity contribution < 1.29 is 15.3 Å². The first kappa shape index (κ1) is 21.8. The number of nitrogens with zero attached hydrogens (tertiary/aromatic N) is 5. The Morgan fingerprint density at radius 3 is 2.45 bits per heavy atom. The average molecular weight is 462 g/mol. The summed E-state index contributed by atoms with van der Waals surface area (Å²) in [7, 11) is 0. The molecule has 1 aromatic heterocycles. The molecule has 1 unspecified atom stereocenters. The molecule has 166 valence electrons. The largest absolute Gasteiger partial charge is 0.411 e. The smallest absolute Gasteiger partial charge is 0.269 e. The van der Waals surface area contributed by atoms with Gasteiger partial charge in [0.15, 0.2) is 0 Å². The lowest BCUT2D eigenvalue weighted by molar-refractivity contribution is -0.384. The molecule has 0 fully saturated rings. The molecule has 10 nitrogen and oxygen atoms in total. The number of oxime groups is 2. The van der Waals surface area contributed by atoms with Crippen LogP contribution < -0.4 is 10.6 Å². The molecule has 4 rings (SSSR count). The van der Waals surface area contributed by atoms with Crippen molar-refractivity contribution in [2.24, 2.45) is 10.3 Å². The second-order valence-corrected chi connectivity index (χ2v) is 8.30. The molecule has 4 N–H and O–H groups in total. The third kappa shape index (κ3) is 3.83. The fraction of sp³-hybridized carbons (Fsp3) is 0.136. The predicted octanol–water partition coefficient (Wildman–Crippen LogP) is 3.92. The Morgan fingerprint density at radius 2 is 1.88 bits per heavy atom. The summed E-state index contributed by atoms with van der Waals surface area (Å²) in [5.41, 5.74) is 8.43. The molecular weight excluding hydrogens is 444 g/mol. The van der Waals surface area contributed by atoms with Gasteiger partial charge in [-0.2, -0.15) is 5.26 Å². The maximum Gasteiger partial charge on any atom is 0.269 e. The number of anilines is 2. The molecule has 0 saturated carbocycles. The van der Waals surface area contributed by atoms with Crippen molar-refractivity contribution in [1.82, 2.24) is 0 Å². The van der Waals surface area contributed by atoms with Crippen LogP contribution in [-0.2, 0) is 6.42 Å². The summed E-state index contributed by atoms with van der Waals surface area (Å²) in [6, 6.07) is 16.1. The van der Waals surface area contributed by atoms with Gasteiger partial charge in [-0.3, -0.25) is 10.1 Å². The SMILES string of the molecule is N#Cc1c(N)sc2c1CCN(c1ccc([N+](=O)[O-])cc1)C2C(=N/O)/C(=N/O)c1ccccc1. The first-order valence-corrected chi connectivity index (χ1v) is 10.6. The Kier molecular flexibility index (Phi) is 5.93. The molecule has 1 aliphatic heterocycles. The highest BCUT2D eigenvalue weighted by atomic mass is 32.1. The first-order valence-electron chi connectivity index (χ1n) is 9.82. The number of rotatable bonds is 5. The van der Waals surface area contributed by atoms with Gasteiger partial charge in [0.25, 0.3) is 5.69 Å². The lowest BCUT2D eigenvalue weighted by Gasteiger charge is -2.37. The number of fused-ring (bicyclic) bond motifs is 1. The standard InChI is InChI=1S/C22H18N6O4S/c23-12-17-16-10-11-27(14-6-8-15(9-7-14)28(31)32)20(21(16)33-22(17)24)19(26-30)18(25-29)13-4-2-1-3-5-13/h1-9,20,29-30H,10-11,24H2/b25-18+,26-19+. The van der Waals surface area contributed by atoms with Crippen LogP contribution in [0.15, 0.2) is 64.9 Å².